The maximum Gasteiger partial charge on any atom is 0.406 e. The van der Waals surface area contributed by atoms with Crippen LogP contribution >= 0.6 is 0 Å². The Morgan fingerprint density at radius 2 is 2.10 bits per heavy atom. The summed E-state index contributed by atoms with van der Waals surface area (Å²) in [6.07, 6.45) is -2.35. The van der Waals surface area contributed by atoms with Gasteiger partial charge in [0.2, 0.25) is 0 Å². The number of ether oxygens (including phenoxy) is 1. The van der Waals surface area contributed by atoms with E-state index in [1.54, 1.807) is 0 Å². The van der Waals surface area contributed by atoms with Crippen LogP contribution in [0.5, 0.6) is 5.75 Å². The van der Waals surface area contributed by atoms with Crippen LogP contribution in [-0.4, -0.2) is 53.2 Å². The van der Waals surface area contributed by atoms with E-state index in [4.69, 9.17) is 9.84 Å². The van der Waals surface area contributed by atoms with Crippen molar-refractivity contribution in [3.05, 3.63) is 24.0 Å². The lowest BCUT2D eigenvalue weighted by Gasteiger charge is -2.22. The molecule has 0 fully saturated rings. The fourth-order valence-corrected chi connectivity index (χ4v) is 1.47. The maximum absolute atomic E-state index is 12.4. The Morgan fingerprint density at radius 3 is 2.60 bits per heavy atom. The highest BCUT2D eigenvalue weighted by molar-refractivity contribution is 5.98. The number of pyridine rings is 1. The van der Waals surface area contributed by atoms with Crippen molar-refractivity contribution in [3.8, 4) is 5.75 Å². The van der Waals surface area contributed by atoms with E-state index in [1.807, 2.05) is 0 Å². The van der Waals surface area contributed by atoms with E-state index < -0.39 is 31.1 Å². The van der Waals surface area contributed by atoms with Gasteiger partial charge in [-0.05, 0) is 6.07 Å². The molecule has 0 atom stereocenters. The van der Waals surface area contributed by atoms with Crippen molar-refractivity contribution in [2.45, 2.75) is 6.18 Å². The summed E-state index contributed by atoms with van der Waals surface area (Å²) in [5, 5.41) is 8.60. The number of carbonyl (C=O) groups is 2. The van der Waals surface area contributed by atoms with Crippen molar-refractivity contribution >= 4 is 11.9 Å². The Balaban J connectivity index is 3.06. The number of hydrogen-bond acceptors (Lipinski definition) is 4. The lowest BCUT2D eigenvalue weighted by Crippen LogP contribution is -2.42. The van der Waals surface area contributed by atoms with Gasteiger partial charge in [-0.1, -0.05) is 0 Å². The Hall–Kier alpha value is -2.32. The van der Waals surface area contributed by atoms with Crippen molar-refractivity contribution in [3.63, 3.8) is 0 Å². The number of alkyl halides is 3. The van der Waals surface area contributed by atoms with E-state index in [0.717, 1.165) is 12.3 Å². The summed E-state index contributed by atoms with van der Waals surface area (Å²) in [6.45, 7) is -2.73. The third kappa shape index (κ3) is 4.41. The van der Waals surface area contributed by atoms with Crippen molar-refractivity contribution in [2.24, 2.45) is 0 Å². The second-order valence-corrected chi connectivity index (χ2v) is 3.75. The van der Waals surface area contributed by atoms with E-state index in [-0.39, 0.29) is 16.2 Å². The molecule has 6 nitrogen and oxygen atoms in total. The van der Waals surface area contributed by atoms with Crippen LogP contribution in [0.2, 0.25) is 0 Å². The normalized spacial score (nSPS) is 11.0. The van der Waals surface area contributed by atoms with Crippen LogP contribution in [0, 0.1) is 0 Å². The summed E-state index contributed by atoms with van der Waals surface area (Å²) in [7, 11) is 1.22. The number of hydrogen-bond donors (Lipinski definition) is 1. The molecule has 1 aromatic rings. The molecule has 9 heteroatoms. The molecule has 1 rings (SSSR count). The summed E-state index contributed by atoms with van der Waals surface area (Å²) in [6, 6.07) is 1.16. The van der Waals surface area contributed by atoms with Gasteiger partial charge in [-0.2, -0.15) is 13.2 Å². The van der Waals surface area contributed by atoms with Crippen LogP contribution < -0.4 is 4.74 Å². The second kappa shape index (κ2) is 6.22. The average Bonchev–Trinajstić information content (AvgIpc) is 2.35. The molecule has 1 heterocycles. The van der Waals surface area contributed by atoms with E-state index in [0.29, 0.717) is 0 Å². The van der Waals surface area contributed by atoms with E-state index >= 15 is 0 Å². The molecule has 1 amide bonds. The minimum atomic E-state index is -4.70. The van der Waals surface area contributed by atoms with Gasteiger partial charge in [-0.3, -0.25) is 14.6 Å². The number of carboxylic acids is 1. The van der Waals surface area contributed by atoms with Crippen LogP contribution in [0.15, 0.2) is 18.5 Å². The molecule has 0 aliphatic rings. The first-order chi connectivity index (χ1) is 9.24. The fourth-order valence-electron chi connectivity index (χ4n) is 1.47. The van der Waals surface area contributed by atoms with E-state index in [1.165, 1.54) is 13.3 Å². The summed E-state index contributed by atoms with van der Waals surface area (Å²) >= 11 is 0. The minimum absolute atomic E-state index is 0.0323. The number of rotatable bonds is 5. The van der Waals surface area contributed by atoms with Crippen LogP contribution in [0.1, 0.15) is 10.4 Å². The highest BCUT2D eigenvalue weighted by Crippen LogP contribution is 2.21. The molecule has 20 heavy (non-hydrogen) atoms. The molecular formula is C11H11F3N2O4. The molecule has 1 N–H and O–H groups in total. The van der Waals surface area contributed by atoms with Crippen LogP contribution in [0.3, 0.4) is 0 Å². The second-order valence-electron chi connectivity index (χ2n) is 3.75. The SMILES string of the molecule is COc1cnccc1C(=O)N(CC(=O)O)CC(F)(F)F. The average molecular weight is 292 g/mol. The summed E-state index contributed by atoms with van der Waals surface area (Å²) in [5.41, 5.74) is -0.187. The lowest BCUT2D eigenvalue weighted by molar-refractivity contribution is -0.149. The predicted octanol–water partition coefficient (Wildman–Crippen LogP) is 1.18. The highest BCUT2D eigenvalue weighted by Gasteiger charge is 2.35. The summed E-state index contributed by atoms with van der Waals surface area (Å²) in [5.74, 6) is -2.67. The van der Waals surface area contributed by atoms with Gasteiger partial charge < -0.3 is 14.7 Å². The van der Waals surface area contributed by atoms with Gasteiger partial charge in [0.25, 0.3) is 5.91 Å². The predicted molar refractivity (Wildman–Crippen MR) is 60.4 cm³/mol. The summed E-state index contributed by atoms with van der Waals surface area (Å²) in [4.78, 5) is 26.4. The number of carboxylic acid groups (broad SMARTS) is 1. The molecule has 0 saturated carbocycles. The minimum Gasteiger partial charge on any atom is -0.494 e. The zero-order valence-corrected chi connectivity index (χ0v) is 10.3. The zero-order valence-electron chi connectivity index (χ0n) is 10.3. The quantitative estimate of drug-likeness (QED) is 0.881. The molecule has 0 saturated heterocycles. The first-order valence-corrected chi connectivity index (χ1v) is 5.30. The lowest BCUT2D eigenvalue weighted by atomic mass is 10.2. The maximum atomic E-state index is 12.4. The van der Waals surface area contributed by atoms with Crippen LogP contribution in [-0.2, 0) is 4.79 Å². The van der Waals surface area contributed by atoms with Gasteiger partial charge in [0, 0.05) is 6.20 Å². The number of aliphatic carboxylic acids is 1. The number of nitrogens with zero attached hydrogens (tertiary/aromatic N) is 2. The molecule has 1 aromatic heterocycles. The molecular weight excluding hydrogens is 281 g/mol. The first-order valence-electron chi connectivity index (χ1n) is 5.30. The summed E-state index contributed by atoms with van der Waals surface area (Å²) < 4.78 is 42.0. The number of methoxy groups -OCH3 is 1. The van der Waals surface area contributed by atoms with Crippen molar-refractivity contribution in [1.29, 1.82) is 0 Å². The van der Waals surface area contributed by atoms with Crippen molar-refractivity contribution < 1.29 is 32.6 Å². The fraction of sp³-hybridized carbons (Fsp3) is 0.364. The van der Waals surface area contributed by atoms with E-state index in [9.17, 15) is 22.8 Å². The third-order valence-electron chi connectivity index (χ3n) is 2.22. The molecule has 0 aliphatic carbocycles. The first kappa shape index (κ1) is 15.7. The van der Waals surface area contributed by atoms with Crippen molar-refractivity contribution in [1.82, 2.24) is 9.88 Å². The molecule has 110 valence electrons. The molecule has 0 spiro atoms. The Kier molecular flexibility index (Phi) is 4.89. The number of halogens is 3. The molecule has 0 radical (unpaired) electrons. The van der Waals surface area contributed by atoms with E-state index in [2.05, 4.69) is 4.98 Å². The Morgan fingerprint density at radius 1 is 1.45 bits per heavy atom. The van der Waals surface area contributed by atoms with Gasteiger partial charge in [0.15, 0.2) is 0 Å². The van der Waals surface area contributed by atoms with Gasteiger partial charge in [0.05, 0.1) is 18.9 Å². The molecule has 0 unspecified atom stereocenters. The number of aromatic nitrogens is 1. The van der Waals surface area contributed by atoms with Crippen molar-refractivity contribution in [2.75, 3.05) is 20.2 Å². The number of amides is 1. The van der Waals surface area contributed by atoms with Gasteiger partial charge in [-0.15, -0.1) is 0 Å². The van der Waals surface area contributed by atoms with Gasteiger partial charge in [0.1, 0.15) is 18.8 Å². The molecule has 0 aliphatic heterocycles. The van der Waals surface area contributed by atoms with Gasteiger partial charge in [-0.25, -0.2) is 0 Å². The topological polar surface area (TPSA) is 79.7 Å². The smallest absolute Gasteiger partial charge is 0.406 e. The molecule has 0 bridgehead atoms. The zero-order chi connectivity index (χ0) is 15.3. The highest BCUT2D eigenvalue weighted by atomic mass is 19.4. The van der Waals surface area contributed by atoms with Crippen LogP contribution in [0.4, 0.5) is 13.2 Å². The molecule has 0 aromatic carbocycles. The van der Waals surface area contributed by atoms with Gasteiger partial charge >= 0.3 is 12.1 Å². The number of carbonyl (C=O) groups excluding carboxylic acids is 1. The Labute approximate surface area is 111 Å². The third-order valence-corrected chi connectivity index (χ3v) is 2.22. The monoisotopic (exact) mass is 292 g/mol. The standard InChI is InChI=1S/C11H11F3N2O4/c1-20-8-4-15-3-2-7(8)10(19)16(5-9(17)18)6-11(12,13)14/h2-4H,5-6H2,1H3,(H,17,18). The largest absolute Gasteiger partial charge is 0.494 e. The Bertz CT molecular complexity index is 505. The van der Waals surface area contributed by atoms with Crippen LogP contribution in [0.25, 0.3) is 0 Å².